The molecule has 4 nitrogen and oxygen atoms in total. The molecule has 1 aromatic heterocycles. The molecule has 1 saturated heterocycles. The van der Waals surface area contributed by atoms with Crippen molar-refractivity contribution in [3.05, 3.63) is 51.5 Å². The van der Waals surface area contributed by atoms with Crippen LogP contribution in [0, 0.1) is 5.92 Å². The third-order valence-corrected chi connectivity index (χ3v) is 6.56. The Hall–Kier alpha value is -1.72. The molecule has 5 heteroatoms. The van der Waals surface area contributed by atoms with E-state index in [1.807, 2.05) is 0 Å². The van der Waals surface area contributed by atoms with Crippen molar-refractivity contribution in [2.24, 2.45) is 5.92 Å². The van der Waals surface area contributed by atoms with Crippen molar-refractivity contribution >= 4 is 17.2 Å². The van der Waals surface area contributed by atoms with Gasteiger partial charge < -0.3 is 5.32 Å². The minimum absolute atomic E-state index is 0.00942. The van der Waals surface area contributed by atoms with Crippen LogP contribution in [0.5, 0.6) is 0 Å². The predicted octanol–water partition coefficient (Wildman–Crippen LogP) is 4.18. The molecule has 1 N–H and O–H groups in total. The van der Waals surface area contributed by atoms with Crippen LogP contribution in [0.15, 0.2) is 30.5 Å². The first-order valence-corrected chi connectivity index (χ1v) is 10.5. The van der Waals surface area contributed by atoms with Crippen molar-refractivity contribution < 1.29 is 4.79 Å². The summed E-state index contributed by atoms with van der Waals surface area (Å²) in [6, 6.07) is 8.60. The topological polar surface area (TPSA) is 45.2 Å². The molecule has 1 aliphatic heterocycles. The highest BCUT2D eigenvalue weighted by molar-refractivity contribution is 7.13. The summed E-state index contributed by atoms with van der Waals surface area (Å²) in [6.45, 7) is 6.31. The van der Waals surface area contributed by atoms with Crippen molar-refractivity contribution in [1.82, 2.24) is 15.2 Å². The molecule has 1 aromatic carbocycles. The van der Waals surface area contributed by atoms with Crippen LogP contribution in [-0.2, 0) is 13.1 Å². The van der Waals surface area contributed by atoms with Gasteiger partial charge in [-0.15, -0.1) is 11.3 Å². The molecule has 2 aliphatic rings. The zero-order valence-electron chi connectivity index (χ0n) is 15.4. The summed E-state index contributed by atoms with van der Waals surface area (Å²) in [5, 5.41) is 4.16. The third-order valence-electron chi connectivity index (χ3n) is 5.40. The fourth-order valence-electron chi connectivity index (χ4n) is 3.50. The Labute approximate surface area is 159 Å². The molecule has 138 valence electrons. The highest BCUT2D eigenvalue weighted by Gasteiger charge is 2.27. The largest absolute Gasteiger partial charge is 0.347 e. The van der Waals surface area contributed by atoms with E-state index in [1.54, 1.807) is 17.5 Å². The van der Waals surface area contributed by atoms with E-state index in [0.29, 0.717) is 12.5 Å². The first-order valence-electron chi connectivity index (χ1n) is 9.71. The number of benzene rings is 1. The van der Waals surface area contributed by atoms with Gasteiger partial charge in [-0.2, -0.15) is 0 Å². The summed E-state index contributed by atoms with van der Waals surface area (Å²) < 4.78 is 0. The molecule has 0 spiro atoms. The van der Waals surface area contributed by atoms with Crippen LogP contribution in [0.4, 0.5) is 0 Å². The average Bonchev–Trinajstić information content (AvgIpc) is 3.39. The Morgan fingerprint density at radius 1 is 1.23 bits per heavy atom. The van der Waals surface area contributed by atoms with Crippen LogP contribution in [0.25, 0.3) is 0 Å². The Morgan fingerprint density at radius 3 is 2.77 bits per heavy atom. The van der Waals surface area contributed by atoms with Gasteiger partial charge in [-0.25, -0.2) is 4.98 Å². The van der Waals surface area contributed by atoms with Gasteiger partial charge in [0.1, 0.15) is 4.88 Å². The lowest BCUT2D eigenvalue weighted by Crippen LogP contribution is -2.32. The second-order valence-electron chi connectivity index (χ2n) is 7.80. The minimum atomic E-state index is -0.00942. The number of rotatable bonds is 6. The SMILES string of the molecule is CC1CCN(Cc2cccc(CNC(=O)c3cnc(C4CC4)s3)c2)CC1. The number of carbonyl (C=O) groups is 1. The fourth-order valence-corrected chi connectivity index (χ4v) is 4.50. The quantitative estimate of drug-likeness (QED) is 0.831. The molecular weight excluding hydrogens is 342 g/mol. The lowest BCUT2D eigenvalue weighted by molar-refractivity contribution is 0.0954. The summed E-state index contributed by atoms with van der Waals surface area (Å²) >= 11 is 1.54. The number of carbonyl (C=O) groups excluding carboxylic acids is 1. The van der Waals surface area contributed by atoms with Crippen molar-refractivity contribution in [3.8, 4) is 0 Å². The number of hydrogen-bond donors (Lipinski definition) is 1. The molecular formula is C21H27N3OS. The van der Waals surface area contributed by atoms with Crippen molar-refractivity contribution in [3.63, 3.8) is 0 Å². The van der Waals surface area contributed by atoms with E-state index in [9.17, 15) is 4.79 Å². The summed E-state index contributed by atoms with van der Waals surface area (Å²) in [6.07, 6.45) is 6.76. The fraction of sp³-hybridized carbons (Fsp3) is 0.524. The maximum Gasteiger partial charge on any atom is 0.263 e. The number of nitrogens with one attached hydrogen (secondary N) is 1. The van der Waals surface area contributed by atoms with Gasteiger partial charge in [0, 0.05) is 19.0 Å². The molecule has 1 aliphatic carbocycles. The number of piperidine rings is 1. The van der Waals surface area contributed by atoms with Crippen molar-refractivity contribution in [2.75, 3.05) is 13.1 Å². The predicted molar refractivity (Wildman–Crippen MR) is 105 cm³/mol. The molecule has 0 unspecified atom stereocenters. The Morgan fingerprint density at radius 2 is 2.00 bits per heavy atom. The monoisotopic (exact) mass is 369 g/mol. The van der Waals surface area contributed by atoms with Crippen LogP contribution in [0.2, 0.25) is 0 Å². The number of likely N-dealkylation sites (tertiary alicyclic amines) is 1. The third kappa shape index (κ3) is 4.51. The van der Waals surface area contributed by atoms with Gasteiger partial charge in [-0.3, -0.25) is 9.69 Å². The highest BCUT2D eigenvalue weighted by Crippen LogP contribution is 2.41. The Kier molecular flexibility index (Phi) is 5.36. The zero-order valence-corrected chi connectivity index (χ0v) is 16.2. The van der Waals surface area contributed by atoms with E-state index in [1.165, 1.54) is 44.3 Å². The minimum Gasteiger partial charge on any atom is -0.347 e. The number of amides is 1. The van der Waals surface area contributed by atoms with Gasteiger partial charge in [0.15, 0.2) is 0 Å². The Bertz CT molecular complexity index is 760. The summed E-state index contributed by atoms with van der Waals surface area (Å²) in [5.74, 6) is 1.46. The summed E-state index contributed by atoms with van der Waals surface area (Å²) in [5.41, 5.74) is 2.49. The average molecular weight is 370 g/mol. The summed E-state index contributed by atoms with van der Waals surface area (Å²) in [4.78, 5) is 20.0. The van der Waals surface area contributed by atoms with E-state index in [-0.39, 0.29) is 5.91 Å². The van der Waals surface area contributed by atoms with Crippen molar-refractivity contribution in [2.45, 2.75) is 51.6 Å². The van der Waals surface area contributed by atoms with Crippen LogP contribution >= 0.6 is 11.3 Å². The highest BCUT2D eigenvalue weighted by atomic mass is 32.1. The van der Waals surface area contributed by atoms with E-state index >= 15 is 0 Å². The van der Waals surface area contributed by atoms with Gasteiger partial charge in [-0.1, -0.05) is 31.2 Å². The maximum atomic E-state index is 12.4. The Balaban J connectivity index is 1.30. The van der Waals surface area contributed by atoms with E-state index in [0.717, 1.165) is 27.9 Å². The lowest BCUT2D eigenvalue weighted by Gasteiger charge is -2.30. The van der Waals surface area contributed by atoms with Gasteiger partial charge in [0.05, 0.1) is 11.2 Å². The van der Waals surface area contributed by atoms with E-state index < -0.39 is 0 Å². The second kappa shape index (κ2) is 7.89. The van der Waals surface area contributed by atoms with Crippen LogP contribution < -0.4 is 5.32 Å². The molecule has 26 heavy (non-hydrogen) atoms. The molecule has 0 radical (unpaired) electrons. The second-order valence-corrected chi connectivity index (χ2v) is 8.86. The summed E-state index contributed by atoms with van der Waals surface area (Å²) in [7, 11) is 0. The number of nitrogens with zero attached hydrogens (tertiary/aromatic N) is 2. The number of hydrogen-bond acceptors (Lipinski definition) is 4. The lowest BCUT2D eigenvalue weighted by atomic mass is 9.98. The number of thiazole rings is 1. The molecule has 0 bridgehead atoms. The molecule has 0 atom stereocenters. The van der Waals surface area contributed by atoms with Crippen LogP contribution in [0.3, 0.4) is 0 Å². The first-order chi connectivity index (χ1) is 12.7. The smallest absolute Gasteiger partial charge is 0.263 e. The molecule has 2 heterocycles. The van der Waals surface area contributed by atoms with Crippen molar-refractivity contribution in [1.29, 1.82) is 0 Å². The molecule has 2 aromatic rings. The first kappa shape index (κ1) is 17.7. The molecule has 2 fully saturated rings. The van der Waals surface area contributed by atoms with Crippen LogP contribution in [-0.4, -0.2) is 28.9 Å². The molecule has 1 saturated carbocycles. The maximum absolute atomic E-state index is 12.4. The standard InChI is InChI=1S/C21H27N3OS/c1-15-7-9-24(10-8-15)14-17-4-2-3-16(11-17)12-22-20(25)19-13-23-21(26-19)18-5-6-18/h2-4,11,13,15,18H,5-10,12,14H2,1H3,(H,22,25). The molecule has 1 amide bonds. The van der Waals surface area contributed by atoms with E-state index in [4.69, 9.17) is 0 Å². The zero-order chi connectivity index (χ0) is 17.9. The number of aromatic nitrogens is 1. The molecule has 4 rings (SSSR count). The van der Waals surface area contributed by atoms with Gasteiger partial charge in [0.2, 0.25) is 0 Å². The van der Waals surface area contributed by atoms with Crippen LogP contribution in [0.1, 0.15) is 64.3 Å². The normalized spacial score (nSPS) is 18.8. The van der Waals surface area contributed by atoms with Gasteiger partial charge in [-0.05, 0) is 55.8 Å². The van der Waals surface area contributed by atoms with Gasteiger partial charge in [0.25, 0.3) is 5.91 Å². The van der Waals surface area contributed by atoms with E-state index in [2.05, 4.69) is 46.4 Å². The van der Waals surface area contributed by atoms with Gasteiger partial charge >= 0.3 is 0 Å².